The molecular formula is C22H20ClN3O3. The van der Waals surface area contributed by atoms with Crippen molar-refractivity contribution in [3.63, 3.8) is 0 Å². The molecule has 0 atom stereocenters. The molecule has 1 saturated carbocycles. The number of hydrogen-bond donors (Lipinski definition) is 0. The minimum absolute atomic E-state index is 0.0724. The largest absolute Gasteiger partial charge is 0.378 e. The van der Waals surface area contributed by atoms with Crippen molar-refractivity contribution in [2.75, 3.05) is 20.2 Å². The number of nitrogens with zero attached hydrogens (tertiary/aromatic N) is 3. The molecule has 5 rings (SSSR count). The monoisotopic (exact) mass is 409 g/mol. The number of benzene rings is 2. The van der Waals surface area contributed by atoms with E-state index in [-0.39, 0.29) is 17.9 Å². The topological polar surface area (TPSA) is 64.4 Å². The predicted octanol–water partition coefficient (Wildman–Crippen LogP) is 3.73. The number of halogens is 1. The van der Waals surface area contributed by atoms with Crippen LogP contribution in [0.3, 0.4) is 0 Å². The molecule has 2 fully saturated rings. The molecule has 0 spiro atoms. The van der Waals surface area contributed by atoms with Crippen LogP contribution >= 0.6 is 11.6 Å². The molecule has 148 valence electrons. The highest BCUT2D eigenvalue weighted by Crippen LogP contribution is 2.43. The Bertz CT molecular complexity index is 1130. The van der Waals surface area contributed by atoms with Crippen LogP contribution in [0.25, 0.3) is 10.9 Å². The maximum atomic E-state index is 13.4. The van der Waals surface area contributed by atoms with Crippen LogP contribution in [0.2, 0.25) is 5.02 Å². The Kier molecular flexibility index (Phi) is 4.41. The fourth-order valence-electron chi connectivity index (χ4n) is 3.86. The van der Waals surface area contributed by atoms with Crippen LogP contribution in [-0.2, 0) is 4.74 Å². The van der Waals surface area contributed by atoms with Crippen molar-refractivity contribution in [3.05, 3.63) is 64.3 Å². The number of carbonyl (C=O) groups is 2. The molecule has 1 aliphatic heterocycles. The number of carbonyl (C=O) groups excluding carboxylic acids is 2. The molecule has 1 aromatic heterocycles. The summed E-state index contributed by atoms with van der Waals surface area (Å²) in [5.74, 6) is 0.0454. The van der Waals surface area contributed by atoms with Crippen LogP contribution in [0.5, 0.6) is 0 Å². The third-order valence-corrected chi connectivity index (χ3v) is 6.07. The smallest absolute Gasteiger partial charge is 0.280 e. The molecule has 0 radical (unpaired) electrons. The molecule has 3 aromatic rings. The summed E-state index contributed by atoms with van der Waals surface area (Å²) in [6.07, 6.45) is 3.87. The zero-order valence-corrected chi connectivity index (χ0v) is 16.7. The maximum Gasteiger partial charge on any atom is 0.280 e. The fourth-order valence-corrected chi connectivity index (χ4v) is 4.12. The second-order valence-electron chi connectivity index (χ2n) is 7.68. The molecule has 0 unspecified atom stereocenters. The SMILES string of the molecule is COC1CN(C(=O)c2ccc3cnn(C(=O)c4c(Cl)cccc4C4CC4)c3c2)C1. The molecule has 2 heterocycles. The maximum absolute atomic E-state index is 13.4. The van der Waals surface area contributed by atoms with Crippen LogP contribution < -0.4 is 0 Å². The van der Waals surface area contributed by atoms with E-state index in [2.05, 4.69) is 5.10 Å². The van der Waals surface area contributed by atoms with Gasteiger partial charge in [0.2, 0.25) is 0 Å². The van der Waals surface area contributed by atoms with Crippen molar-refractivity contribution in [3.8, 4) is 0 Å². The van der Waals surface area contributed by atoms with Gasteiger partial charge in [0.25, 0.3) is 11.8 Å². The van der Waals surface area contributed by atoms with Crippen molar-refractivity contribution < 1.29 is 14.3 Å². The summed E-state index contributed by atoms with van der Waals surface area (Å²) in [6, 6.07) is 10.9. The summed E-state index contributed by atoms with van der Waals surface area (Å²) in [5.41, 5.74) is 2.61. The lowest BCUT2D eigenvalue weighted by Gasteiger charge is -2.38. The lowest BCUT2D eigenvalue weighted by atomic mass is 10.0. The van der Waals surface area contributed by atoms with E-state index in [4.69, 9.17) is 16.3 Å². The first-order valence-electron chi connectivity index (χ1n) is 9.70. The molecular weight excluding hydrogens is 390 g/mol. The molecule has 29 heavy (non-hydrogen) atoms. The van der Waals surface area contributed by atoms with Crippen molar-refractivity contribution in [1.82, 2.24) is 14.7 Å². The molecule has 0 N–H and O–H groups in total. The van der Waals surface area contributed by atoms with Crippen LogP contribution in [0.15, 0.2) is 42.6 Å². The Morgan fingerprint density at radius 1 is 1.14 bits per heavy atom. The van der Waals surface area contributed by atoms with Crippen LogP contribution in [0.4, 0.5) is 0 Å². The Hall–Kier alpha value is -2.70. The summed E-state index contributed by atoms with van der Waals surface area (Å²) in [5, 5.41) is 5.53. The predicted molar refractivity (Wildman–Crippen MR) is 110 cm³/mol. The first-order valence-corrected chi connectivity index (χ1v) is 10.1. The number of likely N-dealkylation sites (tertiary alicyclic amines) is 1. The van der Waals surface area contributed by atoms with E-state index in [1.165, 1.54) is 4.68 Å². The quantitative estimate of drug-likeness (QED) is 0.658. The standard InChI is InChI=1S/C22H20ClN3O3/c1-29-16-11-25(12-16)21(27)14-7-8-15-10-24-26(19(15)9-14)22(28)20-17(13-5-6-13)3-2-4-18(20)23/h2-4,7-10,13,16H,5-6,11-12H2,1H3. The van der Waals surface area contributed by atoms with Gasteiger partial charge < -0.3 is 9.64 Å². The third kappa shape index (κ3) is 3.12. The number of aromatic nitrogens is 2. The van der Waals surface area contributed by atoms with Gasteiger partial charge in [-0.1, -0.05) is 29.8 Å². The molecule has 1 amide bonds. The molecule has 0 bridgehead atoms. The van der Waals surface area contributed by atoms with Gasteiger partial charge >= 0.3 is 0 Å². The van der Waals surface area contributed by atoms with E-state index in [0.717, 1.165) is 23.8 Å². The first kappa shape index (κ1) is 18.3. The Morgan fingerprint density at radius 3 is 2.66 bits per heavy atom. The fraction of sp³-hybridized carbons (Fsp3) is 0.318. The molecule has 7 heteroatoms. The van der Waals surface area contributed by atoms with Gasteiger partial charge in [-0.15, -0.1) is 0 Å². The summed E-state index contributed by atoms with van der Waals surface area (Å²) in [4.78, 5) is 27.8. The number of amides is 1. The average molecular weight is 410 g/mol. The van der Waals surface area contributed by atoms with Gasteiger partial charge in [-0.25, -0.2) is 0 Å². The highest BCUT2D eigenvalue weighted by atomic mass is 35.5. The summed E-state index contributed by atoms with van der Waals surface area (Å²) >= 11 is 6.41. The van der Waals surface area contributed by atoms with E-state index < -0.39 is 0 Å². The van der Waals surface area contributed by atoms with E-state index in [0.29, 0.717) is 40.7 Å². The molecule has 1 saturated heterocycles. The number of fused-ring (bicyclic) bond motifs is 1. The van der Waals surface area contributed by atoms with E-state index in [1.807, 2.05) is 18.2 Å². The second-order valence-corrected chi connectivity index (χ2v) is 8.09. The third-order valence-electron chi connectivity index (χ3n) is 5.76. The average Bonchev–Trinajstić information content (AvgIpc) is 3.45. The highest BCUT2D eigenvalue weighted by molar-refractivity contribution is 6.34. The Labute approximate surface area is 173 Å². The highest BCUT2D eigenvalue weighted by Gasteiger charge is 2.32. The molecule has 6 nitrogen and oxygen atoms in total. The zero-order valence-electron chi connectivity index (χ0n) is 16.0. The van der Waals surface area contributed by atoms with Gasteiger partial charge in [0.15, 0.2) is 0 Å². The number of methoxy groups -OCH3 is 1. The van der Waals surface area contributed by atoms with Crippen molar-refractivity contribution >= 4 is 34.3 Å². The van der Waals surface area contributed by atoms with E-state index in [9.17, 15) is 9.59 Å². The molecule has 2 aromatic carbocycles. The summed E-state index contributed by atoms with van der Waals surface area (Å²) in [6.45, 7) is 1.16. The van der Waals surface area contributed by atoms with Gasteiger partial charge in [-0.2, -0.15) is 9.78 Å². The van der Waals surface area contributed by atoms with E-state index in [1.54, 1.807) is 36.4 Å². The lowest BCUT2D eigenvalue weighted by Crippen LogP contribution is -2.54. The van der Waals surface area contributed by atoms with Crippen molar-refractivity contribution in [1.29, 1.82) is 0 Å². The van der Waals surface area contributed by atoms with E-state index >= 15 is 0 Å². The summed E-state index contributed by atoms with van der Waals surface area (Å²) < 4.78 is 6.60. The second kappa shape index (κ2) is 6.97. The van der Waals surface area contributed by atoms with Crippen LogP contribution in [0, 0.1) is 0 Å². The van der Waals surface area contributed by atoms with Gasteiger partial charge in [-0.05, 0) is 42.5 Å². The minimum Gasteiger partial charge on any atom is -0.378 e. The number of rotatable bonds is 4. The van der Waals surface area contributed by atoms with Crippen LogP contribution in [-0.4, -0.2) is 52.8 Å². The van der Waals surface area contributed by atoms with Crippen LogP contribution in [0.1, 0.15) is 45.0 Å². The first-order chi connectivity index (χ1) is 14.1. The minimum atomic E-state index is -0.263. The lowest BCUT2D eigenvalue weighted by molar-refractivity contribution is -0.0191. The Balaban J connectivity index is 1.52. The van der Waals surface area contributed by atoms with Crippen molar-refractivity contribution in [2.24, 2.45) is 0 Å². The Morgan fingerprint density at radius 2 is 1.93 bits per heavy atom. The number of ether oxygens (including phenoxy) is 1. The normalized spacial score (nSPS) is 16.8. The van der Waals surface area contributed by atoms with Gasteiger partial charge in [0.1, 0.15) is 0 Å². The van der Waals surface area contributed by atoms with Gasteiger partial charge in [0.05, 0.1) is 28.4 Å². The zero-order chi connectivity index (χ0) is 20.1. The van der Waals surface area contributed by atoms with Gasteiger partial charge in [-0.3, -0.25) is 9.59 Å². The van der Waals surface area contributed by atoms with Crippen molar-refractivity contribution in [2.45, 2.75) is 24.9 Å². The molecule has 1 aliphatic carbocycles. The van der Waals surface area contributed by atoms with Gasteiger partial charge in [0, 0.05) is 31.1 Å². The number of hydrogen-bond acceptors (Lipinski definition) is 4. The summed E-state index contributed by atoms with van der Waals surface area (Å²) in [7, 11) is 1.65. The molecule has 2 aliphatic rings.